The normalized spacial score (nSPS) is 15.2. The fourth-order valence-electron chi connectivity index (χ4n) is 1.80. The summed E-state index contributed by atoms with van der Waals surface area (Å²) in [6, 6.07) is 4.48. The second kappa shape index (κ2) is 3.30. The zero-order valence-electron chi connectivity index (χ0n) is 8.02. The first-order valence-corrected chi connectivity index (χ1v) is 5.43. The summed E-state index contributed by atoms with van der Waals surface area (Å²) >= 11 is 3.58. The second-order valence-electron chi connectivity index (χ2n) is 3.67. The Morgan fingerprint density at radius 2 is 1.92 bits per heavy atom. The lowest BCUT2D eigenvalue weighted by molar-refractivity contribution is 0.969. The summed E-state index contributed by atoms with van der Waals surface area (Å²) in [7, 11) is 0. The van der Waals surface area contributed by atoms with E-state index in [1.807, 2.05) is 0 Å². The average molecular weight is 237 g/mol. The third-order valence-electron chi connectivity index (χ3n) is 2.81. The lowest BCUT2D eigenvalue weighted by atomic mass is 9.91. The van der Waals surface area contributed by atoms with Gasteiger partial charge in [0.05, 0.1) is 0 Å². The van der Waals surface area contributed by atoms with Crippen molar-refractivity contribution in [1.29, 1.82) is 0 Å². The third kappa shape index (κ3) is 1.58. The zero-order valence-corrected chi connectivity index (χ0v) is 9.61. The summed E-state index contributed by atoms with van der Waals surface area (Å²) in [4.78, 5) is 0. The molecule has 0 bridgehead atoms. The van der Waals surface area contributed by atoms with E-state index in [0.717, 1.165) is 6.42 Å². The molecule has 1 aromatic rings. The van der Waals surface area contributed by atoms with Crippen molar-refractivity contribution in [3.63, 3.8) is 0 Å². The van der Waals surface area contributed by atoms with Crippen LogP contribution in [0.15, 0.2) is 16.6 Å². The van der Waals surface area contributed by atoms with E-state index >= 15 is 0 Å². The molecule has 1 heteroatoms. The first-order valence-electron chi connectivity index (χ1n) is 4.63. The number of rotatable bonds is 0. The van der Waals surface area contributed by atoms with E-state index in [2.05, 4.69) is 48.0 Å². The van der Waals surface area contributed by atoms with Gasteiger partial charge in [0.1, 0.15) is 0 Å². The molecule has 1 aliphatic rings. The van der Waals surface area contributed by atoms with Crippen molar-refractivity contribution in [2.75, 3.05) is 0 Å². The average Bonchev–Trinajstić information content (AvgIpc) is 2.12. The Balaban J connectivity index is 2.63. The van der Waals surface area contributed by atoms with Crippen molar-refractivity contribution < 1.29 is 0 Å². The Morgan fingerprint density at radius 1 is 1.15 bits per heavy atom. The van der Waals surface area contributed by atoms with E-state index in [9.17, 15) is 0 Å². The van der Waals surface area contributed by atoms with Crippen molar-refractivity contribution in [3.8, 4) is 0 Å². The molecule has 0 unspecified atom stereocenters. The number of benzene rings is 1. The SMILES string of the molecule is Cc1ccc2c(c1C)C=C(Br)CC2. The Labute approximate surface area is 87.8 Å². The van der Waals surface area contributed by atoms with Crippen LogP contribution in [0.3, 0.4) is 0 Å². The molecule has 68 valence electrons. The highest BCUT2D eigenvalue weighted by Gasteiger charge is 2.11. The molecule has 13 heavy (non-hydrogen) atoms. The van der Waals surface area contributed by atoms with Crippen molar-refractivity contribution in [2.24, 2.45) is 0 Å². The Morgan fingerprint density at radius 3 is 2.69 bits per heavy atom. The van der Waals surface area contributed by atoms with Gasteiger partial charge in [0.15, 0.2) is 0 Å². The lowest BCUT2D eigenvalue weighted by Crippen LogP contribution is -1.99. The van der Waals surface area contributed by atoms with Gasteiger partial charge in [0, 0.05) is 0 Å². The summed E-state index contributed by atoms with van der Waals surface area (Å²) in [5.74, 6) is 0. The second-order valence-corrected chi connectivity index (χ2v) is 4.69. The monoisotopic (exact) mass is 236 g/mol. The van der Waals surface area contributed by atoms with Gasteiger partial charge in [-0.2, -0.15) is 0 Å². The van der Waals surface area contributed by atoms with Crippen LogP contribution < -0.4 is 0 Å². The maximum atomic E-state index is 3.58. The van der Waals surface area contributed by atoms with Crippen molar-refractivity contribution in [2.45, 2.75) is 26.7 Å². The first-order chi connectivity index (χ1) is 6.18. The van der Waals surface area contributed by atoms with Crippen LogP contribution in [0.5, 0.6) is 0 Å². The molecule has 0 saturated carbocycles. The highest BCUT2D eigenvalue weighted by molar-refractivity contribution is 9.11. The van der Waals surface area contributed by atoms with Crippen LogP contribution in [-0.2, 0) is 6.42 Å². The van der Waals surface area contributed by atoms with Gasteiger partial charge < -0.3 is 0 Å². The largest absolute Gasteiger partial charge is 0.0587 e. The molecule has 0 saturated heterocycles. The summed E-state index contributed by atoms with van der Waals surface area (Å²) < 4.78 is 1.33. The first kappa shape index (κ1) is 9.01. The van der Waals surface area contributed by atoms with E-state index in [0.29, 0.717) is 0 Å². The molecule has 0 aliphatic heterocycles. The smallest absolute Gasteiger partial charge is 0.00399 e. The molecule has 0 atom stereocenters. The van der Waals surface area contributed by atoms with Crippen molar-refractivity contribution in [1.82, 2.24) is 0 Å². The van der Waals surface area contributed by atoms with Crippen molar-refractivity contribution >= 4 is 22.0 Å². The van der Waals surface area contributed by atoms with E-state index in [1.165, 1.54) is 33.2 Å². The van der Waals surface area contributed by atoms with Crippen LogP contribution in [-0.4, -0.2) is 0 Å². The Hall–Kier alpha value is -0.560. The molecule has 1 aromatic carbocycles. The molecular weight excluding hydrogens is 224 g/mol. The molecule has 0 fully saturated rings. The minimum absolute atomic E-state index is 1.15. The summed E-state index contributed by atoms with van der Waals surface area (Å²) in [5.41, 5.74) is 5.73. The van der Waals surface area contributed by atoms with Gasteiger partial charge in [0.2, 0.25) is 0 Å². The minimum atomic E-state index is 1.15. The Kier molecular flexibility index (Phi) is 2.29. The summed E-state index contributed by atoms with van der Waals surface area (Å²) in [6.45, 7) is 4.38. The van der Waals surface area contributed by atoms with Gasteiger partial charge in [-0.15, -0.1) is 0 Å². The van der Waals surface area contributed by atoms with Crippen LogP contribution in [0, 0.1) is 13.8 Å². The van der Waals surface area contributed by atoms with Crippen LogP contribution in [0.25, 0.3) is 6.08 Å². The number of halogens is 1. The zero-order chi connectivity index (χ0) is 9.42. The molecule has 0 aromatic heterocycles. The highest BCUT2D eigenvalue weighted by Crippen LogP contribution is 2.30. The van der Waals surface area contributed by atoms with Gasteiger partial charge in [-0.3, -0.25) is 0 Å². The standard InChI is InChI=1S/C12H13Br/c1-8-3-4-10-5-6-11(13)7-12(10)9(8)2/h3-4,7H,5-6H2,1-2H3. The molecule has 0 amide bonds. The number of aryl methyl sites for hydroxylation is 2. The summed E-state index contributed by atoms with van der Waals surface area (Å²) in [6.07, 6.45) is 4.59. The number of fused-ring (bicyclic) bond motifs is 1. The van der Waals surface area contributed by atoms with Crippen LogP contribution in [0.1, 0.15) is 28.7 Å². The van der Waals surface area contributed by atoms with Gasteiger partial charge in [-0.05, 0) is 59.5 Å². The van der Waals surface area contributed by atoms with Crippen LogP contribution in [0.4, 0.5) is 0 Å². The maximum Gasteiger partial charge on any atom is -0.00399 e. The number of hydrogen-bond donors (Lipinski definition) is 0. The van der Waals surface area contributed by atoms with E-state index < -0.39 is 0 Å². The van der Waals surface area contributed by atoms with Gasteiger partial charge in [0.25, 0.3) is 0 Å². The molecule has 0 heterocycles. The number of allylic oxidation sites excluding steroid dienone is 1. The minimum Gasteiger partial charge on any atom is -0.0587 e. The molecule has 0 N–H and O–H groups in total. The quantitative estimate of drug-likeness (QED) is 0.640. The van der Waals surface area contributed by atoms with Gasteiger partial charge in [-0.25, -0.2) is 0 Å². The molecule has 2 rings (SSSR count). The summed E-state index contributed by atoms with van der Waals surface area (Å²) in [5, 5.41) is 0. The fraction of sp³-hybridized carbons (Fsp3) is 0.333. The Bertz CT molecular complexity index is 375. The molecule has 0 nitrogen and oxygen atoms in total. The van der Waals surface area contributed by atoms with Crippen LogP contribution in [0.2, 0.25) is 0 Å². The van der Waals surface area contributed by atoms with E-state index in [1.54, 1.807) is 0 Å². The molecular formula is C12H13Br. The topological polar surface area (TPSA) is 0 Å². The van der Waals surface area contributed by atoms with Gasteiger partial charge in [-0.1, -0.05) is 28.1 Å². The van der Waals surface area contributed by atoms with Crippen LogP contribution >= 0.6 is 15.9 Å². The lowest BCUT2D eigenvalue weighted by Gasteiger charge is -2.16. The molecule has 0 spiro atoms. The van der Waals surface area contributed by atoms with Gasteiger partial charge >= 0.3 is 0 Å². The number of hydrogen-bond acceptors (Lipinski definition) is 0. The van der Waals surface area contributed by atoms with Crippen molar-refractivity contribution in [3.05, 3.63) is 38.9 Å². The predicted molar refractivity (Wildman–Crippen MR) is 61.1 cm³/mol. The third-order valence-corrected chi connectivity index (χ3v) is 3.44. The molecule has 1 aliphatic carbocycles. The maximum absolute atomic E-state index is 3.58. The fourth-order valence-corrected chi connectivity index (χ4v) is 2.22. The van der Waals surface area contributed by atoms with E-state index in [-0.39, 0.29) is 0 Å². The predicted octanol–water partition coefficient (Wildman–Crippen LogP) is 3.99. The van der Waals surface area contributed by atoms with E-state index in [4.69, 9.17) is 0 Å². The highest BCUT2D eigenvalue weighted by atomic mass is 79.9. The molecule has 0 radical (unpaired) electrons.